The molecule has 1 aliphatic carbocycles. The van der Waals surface area contributed by atoms with Crippen LogP contribution in [0.5, 0.6) is 0 Å². The lowest BCUT2D eigenvalue weighted by Crippen LogP contribution is -2.61. The number of Topliss-reactive ketones (excluding diaryl/α,β-unsaturated/α-hetero) is 3. The molecule has 462 valence electrons. The van der Waals surface area contributed by atoms with Crippen LogP contribution in [0.2, 0.25) is 0 Å². The number of ketones is 3. The van der Waals surface area contributed by atoms with E-state index < -0.39 is 102 Å². The lowest BCUT2D eigenvalue weighted by Gasteiger charge is -2.43. The zero-order valence-corrected chi connectivity index (χ0v) is 50.3. The summed E-state index contributed by atoms with van der Waals surface area (Å²) in [7, 11) is 2.96. The van der Waals surface area contributed by atoms with Crippen molar-refractivity contribution in [2.75, 3.05) is 86.6 Å². The highest BCUT2D eigenvalue weighted by Crippen LogP contribution is 2.38. The molecular formula is C62H97N3O17. The molecule has 6 rings (SSSR count). The van der Waals surface area contributed by atoms with Crippen LogP contribution in [-0.4, -0.2) is 203 Å². The molecule has 4 saturated heterocycles. The summed E-state index contributed by atoms with van der Waals surface area (Å²) in [6.45, 7) is 18.3. The van der Waals surface area contributed by atoms with Gasteiger partial charge in [-0.25, -0.2) is 9.59 Å². The van der Waals surface area contributed by atoms with Gasteiger partial charge in [0.25, 0.3) is 11.7 Å². The van der Waals surface area contributed by atoms with Gasteiger partial charge in [0.2, 0.25) is 5.79 Å². The Morgan fingerprint density at radius 3 is 2.34 bits per heavy atom. The first-order valence-corrected chi connectivity index (χ1v) is 30.2. The van der Waals surface area contributed by atoms with E-state index in [1.807, 2.05) is 58.1 Å². The first-order chi connectivity index (χ1) is 39.2. The van der Waals surface area contributed by atoms with Crippen LogP contribution in [0, 0.1) is 35.5 Å². The molecule has 0 aromatic heterocycles. The third-order valence-electron chi connectivity index (χ3n) is 17.6. The highest BCUT2D eigenvalue weighted by atomic mass is 16.6. The topological polar surface area (TPSA) is 244 Å². The van der Waals surface area contributed by atoms with Crippen LogP contribution in [0.25, 0.3) is 0 Å². The van der Waals surface area contributed by atoms with Gasteiger partial charge in [0, 0.05) is 77.5 Å². The predicted octanol–water partition coefficient (Wildman–Crippen LogP) is 6.03. The molecule has 1 unspecified atom stereocenters. The number of carbonyl (C=O) groups excluding carboxylic acids is 6. The molecule has 0 spiro atoms. The number of nitrogens with one attached hydrogen (secondary N) is 1. The minimum atomic E-state index is -2.50. The van der Waals surface area contributed by atoms with Crippen molar-refractivity contribution in [3.05, 3.63) is 47.6 Å². The van der Waals surface area contributed by atoms with Crippen LogP contribution in [0.1, 0.15) is 126 Å². The van der Waals surface area contributed by atoms with Crippen LogP contribution in [0.15, 0.2) is 47.6 Å². The van der Waals surface area contributed by atoms with Gasteiger partial charge in [-0.1, -0.05) is 71.1 Å². The number of fused-ring (bicyclic) bond motifs is 3. The summed E-state index contributed by atoms with van der Waals surface area (Å²) in [5, 5.41) is 26.7. The Bertz CT molecular complexity index is 2230. The smallest absolute Gasteiger partial charge is 0.407 e. The Hall–Kier alpha value is -4.22. The van der Waals surface area contributed by atoms with E-state index in [0.717, 1.165) is 18.7 Å². The Morgan fingerprint density at radius 2 is 1.62 bits per heavy atom. The van der Waals surface area contributed by atoms with Crippen LogP contribution in [-0.2, 0) is 66.6 Å². The summed E-state index contributed by atoms with van der Waals surface area (Å²) >= 11 is 0. The number of methoxy groups -OCH3 is 2. The lowest BCUT2D eigenvalue weighted by molar-refractivity contribution is -0.266. The number of nitrogens with zero attached hydrogens (tertiary/aromatic N) is 2. The molecule has 3 N–H and O–H groups in total. The summed E-state index contributed by atoms with van der Waals surface area (Å²) in [6, 6.07) is -1.20. The van der Waals surface area contributed by atoms with E-state index in [2.05, 4.69) is 10.2 Å². The average Bonchev–Trinajstić information content (AvgIpc) is 3.52. The largest absolute Gasteiger partial charge is 0.460 e. The summed E-state index contributed by atoms with van der Waals surface area (Å²) in [6.07, 6.45) is 9.51. The highest BCUT2D eigenvalue weighted by Gasteiger charge is 2.53. The van der Waals surface area contributed by atoms with Gasteiger partial charge >= 0.3 is 12.1 Å². The number of morpholine rings is 1. The highest BCUT2D eigenvalue weighted by molar-refractivity contribution is 6.39. The monoisotopic (exact) mass is 1160 g/mol. The zero-order chi connectivity index (χ0) is 59.5. The molecule has 5 heterocycles. The van der Waals surface area contributed by atoms with Gasteiger partial charge in [0.05, 0.1) is 58.0 Å². The van der Waals surface area contributed by atoms with Gasteiger partial charge in [0.1, 0.15) is 42.3 Å². The molecule has 2 amide bonds. The standard InChI is InChI=1S/C62H97N3O17/c1-39-15-11-10-12-16-40(2)52(79-38-48-37-77-29-30-78-48)35-47-20-18-45(7)62(73,82-47)58(69)59(70)65-23-14-13-17-49(65)60(71)80-53(36-50(66)41(3)32-44(6)56(68)57(75-9)55(67)43(5)31-39)42(4)33-46-19-21-51(54(34-46)74-8)81-61(72)63-22-24-64-25-27-76-28-26-64/h10-12,15-16,32,39,41-43,45-49,51-54,56-57,68,73H,13-14,17-31,33-38H2,1-9H3,(H,63,72)/b12-10+,15-11+,40-16+,44-32+/t39-,41-,42-,43-,45-,46+,47+,48?,49+,51-,52+,53+,54-,56-,57+,62-/m1/s1. The number of aliphatic hydroxyl groups excluding tert-OH is 1. The Balaban J connectivity index is 1.25. The number of alkyl carbamates (subject to hydrolysis) is 1. The summed E-state index contributed by atoms with van der Waals surface area (Å²) in [5.41, 5.74) is 1.20. The normalized spacial score (nSPS) is 37.7. The van der Waals surface area contributed by atoms with E-state index in [1.165, 1.54) is 12.0 Å². The molecule has 6 aliphatic rings. The SMILES string of the molecule is CO[C@@H]1C[C@H](C[C@@H](C)[C@@H]2CC(=O)[C@H](C)/C=C(\C)[C@@H](O)[C@@H](OC)C(=O)[C@H](C)C[C@H](C)/C=C/C=C/C=C(\C)[C@@H](OCC3COCCO3)C[C@@H]3CC[C@@H](C)[C@@](O)(O3)C(=O)C(=O)N3CCCC[C@H]3C(=O)O2)CC[C@H]1OC(=O)NCCN1CCOCC1. The zero-order valence-electron chi connectivity index (χ0n) is 50.3. The summed E-state index contributed by atoms with van der Waals surface area (Å²) < 4.78 is 53.5. The number of esters is 1. The summed E-state index contributed by atoms with van der Waals surface area (Å²) in [5.74, 6) is -8.51. The molecule has 16 atom stereocenters. The molecule has 0 aromatic carbocycles. The van der Waals surface area contributed by atoms with Gasteiger partial charge in [-0.3, -0.25) is 24.1 Å². The fourth-order valence-electron chi connectivity index (χ4n) is 12.3. The van der Waals surface area contributed by atoms with Gasteiger partial charge in [-0.15, -0.1) is 0 Å². The second kappa shape index (κ2) is 32.9. The van der Waals surface area contributed by atoms with Crippen molar-refractivity contribution in [3.63, 3.8) is 0 Å². The quantitative estimate of drug-likeness (QED) is 0.115. The van der Waals surface area contributed by atoms with Crippen molar-refractivity contribution >= 4 is 35.3 Å². The number of hydrogen-bond donors (Lipinski definition) is 3. The van der Waals surface area contributed by atoms with Crippen LogP contribution >= 0.6 is 0 Å². The molecule has 20 nitrogen and oxygen atoms in total. The molecule has 20 heteroatoms. The maximum atomic E-state index is 14.7. The van der Waals surface area contributed by atoms with Crippen LogP contribution < -0.4 is 5.32 Å². The number of aliphatic hydroxyl groups is 2. The molecule has 0 radical (unpaired) electrons. The van der Waals surface area contributed by atoms with Crippen molar-refractivity contribution in [2.45, 2.75) is 186 Å². The van der Waals surface area contributed by atoms with Gasteiger partial charge in [0.15, 0.2) is 5.78 Å². The number of amides is 2. The maximum absolute atomic E-state index is 14.7. The third-order valence-corrected chi connectivity index (χ3v) is 17.6. The second-order valence-corrected chi connectivity index (χ2v) is 24.0. The number of cyclic esters (lactones) is 1. The van der Waals surface area contributed by atoms with Crippen LogP contribution in [0.3, 0.4) is 0 Å². The number of hydrogen-bond acceptors (Lipinski definition) is 18. The minimum absolute atomic E-state index is 0.0218. The average molecular weight is 1160 g/mol. The van der Waals surface area contributed by atoms with Crippen molar-refractivity contribution in [3.8, 4) is 0 Å². The minimum Gasteiger partial charge on any atom is -0.460 e. The molecule has 1 saturated carbocycles. The van der Waals surface area contributed by atoms with E-state index in [9.17, 15) is 39.0 Å². The van der Waals surface area contributed by atoms with E-state index >= 15 is 0 Å². The number of carbonyl (C=O) groups is 6. The van der Waals surface area contributed by atoms with E-state index in [-0.39, 0.29) is 61.9 Å². The van der Waals surface area contributed by atoms with Gasteiger partial charge in [-0.2, -0.15) is 0 Å². The Kier molecular flexibility index (Phi) is 26.8. The van der Waals surface area contributed by atoms with Crippen molar-refractivity contribution in [1.82, 2.24) is 15.1 Å². The number of rotatable bonds is 12. The molecule has 5 aliphatic heterocycles. The molecule has 2 bridgehead atoms. The molecule has 82 heavy (non-hydrogen) atoms. The first-order valence-electron chi connectivity index (χ1n) is 30.2. The third kappa shape index (κ3) is 19.1. The Labute approximate surface area is 486 Å². The number of piperidine rings is 1. The lowest BCUT2D eigenvalue weighted by atomic mass is 9.78. The van der Waals surface area contributed by atoms with E-state index in [4.69, 9.17) is 42.6 Å². The Morgan fingerprint density at radius 1 is 0.854 bits per heavy atom. The van der Waals surface area contributed by atoms with Crippen LogP contribution in [0.4, 0.5) is 4.79 Å². The van der Waals surface area contributed by atoms with Gasteiger partial charge in [-0.05, 0) is 107 Å². The van der Waals surface area contributed by atoms with Crippen molar-refractivity contribution in [1.29, 1.82) is 0 Å². The molecule has 5 fully saturated rings. The molecule has 0 aromatic rings. The number of allylic oxidation sites excluding steroid dienone is 6. The summed E-state index contributed by atoms with van der Waals surface area (Å²) in [4.78, 5) is 88.6. The first kappa shape index (κ1) is 66.9. The number of ether oxygens (including phenoxy) is 9. The van der Waals surface area contributed by atoms with Crippen molar-refractivity contribution in [2.24, 2.45) is 35.5 Å². The van der Waals surface area contributed by atoms with E-state index in [0.29, 0.717) is 109 Å². The fourth-order valence-corrected chi connectivity index (χ4v) is 12.3. The predicted molar refractivity (Wildman–Crippen MR) is 304 cm³/mol. The van der Waals surface area contributed by atoms with E-state index in [1.54, 1.807) is 34.0 Å². The fraction of sp³-hybridized carbons (Fsp3) is 0.774. The van der Waals surface area contributed by atoms with Crippen molar-refractivity contribution < 1.29 is 81.6 Å². The van der Waals surface area contributed by atoms with Gasteiger partial charge < -0.3 is 63.1 Å². The second-order valence-electron chi connectivity index (χ2n) is 24.0. The maximum Gasteiger partial charge on any atom is 0.407 e. The molecular weight excluding hydrogens is 1060 g/mol.